The average molecular weight is 390 g/mol. The molecule has 0 aliphatic rings. The van der Waals surface area contributed by atoms with E-state index in [1.165, 1.54) is 0 Å². The fraction of sp³-hybridized carbons (Fsp3) is 0.0800. The number of furan rings is 1. The van der Waals surface area contributed by atoms with E-state index in [1.807, 2.05) is 50.2 Å². The molecule has 0 N–H and O–H groups in total. The Bertz CT molecular complexity index is 1560. The van der Waals surface area contributed by atoms with Crippen molar-refractivity contribution in [3.8, 4) is 17.1 Å². The molecule has 5 nitrogen and oxygen atoms in total. The van der Waals surface area contributed by atoms with Gasteiger partial charge in [0.05, 0.1) is 22.3 Å². The molecule has 0 unspecified atom stereocenters. The minimum absolute atomic E-state index is 0.651. The fourth-order valence-corrected chi connectivity index (χ4v) is 4.14. The van der Waals surface area contributed by atoms with Crippen LogP contribution in [0.15, 0.2) is 77.3 Å². The maximum atomic E-state index is 6.26. The molecule has 0 saturated heterocycles. The van der Waals surface area contributed by atoms with Crippen LogP contribution in [0.3, 0.4) is 0 Å². The number of fused-ring (bicyclic) bond motifs is 4. The monoisotopic (exact) mass is 390 g/mol. The lowest BCUT2D eigenvalue weighted by Gasteiger charge is -2.10. The van der Waals surface area contributed by atoms with Crippen LogP contribution in [0.25, 0.3) is 50.2 Å². The van der Waals surface area contributed by atoms with Crippen molar-refractivity contribution in [1.82, 2.24) is 19.5 Å². The van der Waals surface area contributed by atoms with E-state index in [-0.39, 0.29) is 0 Å². The Morgan fingerprint density at radius 3 is 2.53 bits per heavy atom. The third kappa shape index (κ3) is 2.38. The van der Waals surface area contributed by atoms with Crippen LogP contribution in [-0.2, 0) is 0 Å². The van der Waals surface area contributed by atoms with Gasteiger partial charge in [0.25, 0.3) is 0 Å². The lowest BCUT2D eigenvalue weighted by molar-refractivity contribution is 0.653. The van der Waals surface area contributed by atoms with Gasteiger partial charge in [-0.3, -0.25) is 9.55 Å². The summed E-state index contributed by atoms with van der Waals surface area (Å²) in [6.45, 7) is 3.99. The van der Waals surface area contributed by atoms with Gasteiger partial charge in [-0.05, 0) is 50.2 Å². The van der Waals surface area contributed by atoms with Gasteiger partial charge in [0, 0.05) is 28.4 Å². The second kappa shape index (κ2) is 6.26. The maximum Gasteiger partial charge on any atom is 0.227 e. The average Bonchev–Trinajstić information content (AvgIpc) is 3.33. The molecule has 0 spiro atoms. The zero-order chi connectivity index (χ0) is 20.2. The Kier molecular flexibility index (Phi) is 3.53. The summed E-state index contributed by atoms with van der Waals surface area (Å²) in [6.07, 6.45) is 1.80. The first-order valence-corrected chi connectivity index (χ1v) is 9.89. The van der Waals surface area contributed by atoms with Crippen molar-refractivity contribution in [1.29, 1.82) is 0 Å². The molecule has 144 valence electrons. The third-order valence-corrected chi connectivity index (χ3v) is 5.51. The van der Waals surface area contributed by atoms with Crippen LogP contribution >= 0.6 is 0 Å². The summed E-state index contributed by atoms with van der Waals surface area (Å²) in [7, 11) is 0. The summed E-state index contributed by atoms with van der Waals surface area (Å²) in [5.41, 5.74) is 7.19. The molecular weight excluding hydrogens is 372 g/mol. The van der Waals surface area contributed by atoms with Crippen molar-refractivity contribution in [3.63, 3.8) is 0 Å². The zero-order valence-electron chi connectivity index (χ0n) is 16.6. The minimum atomic E-state index is 0.651. The molecule has 6 aromatic rings. The number of hydrogen-bond acceptors (Lipinski definition) is 4. The van der Waals surface area contributed by atoms with Crippen LogP contribution in [-0.4, -0.2) is 19.5 Å². The van der Waals surface area contributed by atoms with E-state index in [2.05, 4.69) is 44.9 Å². The molecule has 0 bridgehead atoms. The van der Waals surface area contributed by atoms with Crippen molar-refractivity contribution < 1.29 is 4.42 Å². The molecule has 6 rings (SSSR count). The summed E-state index contributed by atoms with van der Waals surface area (Å²) in [5.74, 6) is 0.827. The largest absolute Gasteiger partial charge is 0.437 e. The molecule has 0 fully saturated rings. The van der Waals surface area contributed by atoms with Crippen molar-refractivity contribution in [2.75, 3.05) is 0 Å². The molecule has 0 radical (unpaired) electrons. The Hall–Kier alpha value is -3.99. The van der Waals surface area contributed by atoms with Gasteiger partial charge in [-0.2, -0.15) is 0 Å². The van der Waals surface area contributed by atoms with Crippen LogP contribution in [0, 0.1) is 13.8 Å². The highest BCUT2D eigenvalue weighted by atomic mass is 16.3. The lowest BCUT2D eigenvalue weighted by Crippen LogP contribution is -1.99. The van der Waals surface area contributed by atoms with Gasteiger partial charge in [-0.1, -0.05) is 30.3 Å². The van der Waals surface area contributed by atoms with Gasteiger partial charge in [0.2, 0.25) is 5.71 Å². The quantitative estimate of drug-likeness (QED) is 0.364. The number of benzene rings is 2. The number of nitrogens with zero attached hydrogens (tertiary/aromatic N) is 4. The van der Waals surface area contributed by atoms with Crippen LogP contribution in [0.4, 0.5) is 0 Å². The molecule has 30 heavy (non-hydrogen) atoms. The van der Waals surface area contributed by atoms with E-state index in [0.29, 0.717) is 5.71 Å². The summed E-state index contributed by atoms with van der Waals surface area (Å²) in [6, 6.07) is 22.5. The Labute approximate surface area is 172 Å². The highest BCUT2D eigenvalue weighted by Gasteiger charge is 2.20. The number of pyridine rings is 2. The normalized spacial score (nSPS) is 11.7. The second-order valence-corrected chi connectivity index (χ2v) is 7.46. The first-order valence-electron chi connectivity index (χ1n) is 9.89. The molecule has 2 aromatic carbocycles. The first kappa shape index (κ1) is 16.9. The van der Waals surface area contributed by atoms with E-state index in [0.717, 1.165) is 55.9 Å². The molecule has 0 aliphatic heterocycles. The predicted molar refractivity (Wildman–Crippen MR) is 119 cm³/mol. The Morgan fingerprint density at radius 1 is 0.800 bits per heavy atom. The topological polar surface area (TPSA) is 56.7 Å². The number of aromatic nitrogens is 4. The molecule has 0 amide bonds. The van der Waals surface area contributed by atoms with Crippen molar-refractivity contribution in [3.05, 3.63) is 84.3 Å². The van der Waals surface area contributed by atoms with E-state index in [1.54, 1.807) is 6.20 Å². The SMILES string of the molecule is Cc1ccc2c(n1)oc1c(-c3nc4ccnc(C)c4n3-c3ccccc3)cccc12. The molecule has 0 saturated carbocycles. The molecule has 0 atom stereocenters. The number of imidazole rings is 1. The van der Waals surface area contributed by atoms with Gasteiger partial charge in [0.1, 0.15) is 11.4 Å². The third-order valence-electron chi connectivity index (χ3n) is 5.51. The van der Waals surface area contributed by atoms with Gasteiger partial charge in [-0.25, -0.2) is 9.97 Å². The Balaban J connectivity index is 1.75. The highest BCUT2D eigenvalue weighted by Crippen LogP contribution is 2.37. The summed E-state index contributed by atoms with van der Waals surface area (Å²) >= 11 is 0. The van der Waals surface area contributed by atoms with Gasteiger partial charge >= 0.3 is 0 Å². The van der Waals surface area contributed by atoms with Gasteiger partial charge in [-0.15, -0.1) is 0 Å². The first-order chi connectivity index (χ1) is 14.7. The number of para-hydroxylation sites is 2. The van der Waals surface area contributed by atoms with Crippen LogP contribution in [0.1, 0.15) is 11.4 Å². The smallest absolute Gasteiger partial charge is 0.227 e. The fourth-order valence-electron chi connectivity index (χ4n) is 4.14. The van der Waals surface area contributed by atoms with E-state index < -0.39 is 0 Å². The van der Waals surface area contributed by atoms with E-state index in [4.69, 9.17) is 9.40 Å². The number of aryl methyl sites for hydroxylation is 2. The van der Waals surface area contributed by atoms with Crippen LogP contribution in [0.2, 0.25) is 0 Å². The van der Waals surface area contributed by atoms with Crippen LogP contribution in [0.5, 0.6) is 0 Å². The van der Waals surface area contributed by atoms with Crippen molar-refractivity contribution in [2.45, 2.75) is 13.8 Å². The Morgan fingerprint density at radius 2 is 1.67 bits per heavy atom. The zero-order valence-corrected chi connectivity index (χ0v) is 16.6. The van der Waals surface area contributed by atoms with Crippen molar-refractivity contribution >= 4 is 33.1 Å². The van der Waals surface area contributed by atoms with Crippen LogP contribution < -0.4 is 0 Å². The summed E-state index contributed by atoms with van der Waals surface area (Å²) in [4.78, 5) is 14.1. The lowest BCUT2D eigenvalue weighted by atomic mass is 10.1. The maximum absolute atomic E-state index is 6.26. The number of hydrogen-bond donors (Lipinski definition) is 0. The highest BCUT2D eigenvalue weighted by molar-refractivity contribution is 6.08. The second-order valence-electron chi connectivity index (χ2n) is 7.46. The van der Waals surface area contributed by atoms with Crippen molar-refractivity contribution in [2.24, 2.45) is 0 Å². The van der Waals surface area contributed by atoms with E-state index >= 15 is 0 Å². The predicted octanol–water partition coefficient (Wildman–Crippen LogP) is 6.00. The molecular formula is C25H18N4O. The minimum Gasteiger partial charge on any atom is -0.437 e. The molecule has 4 aromatic heterocycles. The molecule has 4 heterocycles. The molecule has 5 heteroatoms. The standard InChI is InChI=1S/C25H18N4O/c1-15-11-12-19-18-9-6-10-20(23(18)30-25(19)27-15)24-28-21-13-14-26-16(2)22(21)29(24)17-7-4-3-5-8-17/h3-14H,1-2H3. The summed E-state index contributed by atoms with van der Waals surface area (Å²) < 4.78 is 8.42. The van der Waals surface area contributed by atoms with E-state index in [9.17, 15) is 0 Å². The molecule has 0 aliphatic carbocycles. The van der Waals surface area contributed by atoms with Gasteiger partial charge < -0.3 is 4.42 Å². The van der Waals surface area contributed by atoms with Gasteiger partial charge in [0.15, 0.2) is 0 Å². The summed E-state index contributed by atoms with van der Waals surface area (Å²) in [5, 5.41) is 2.05. The number of rotatable bonds is 2.